The molecule has 0 aliphatic rings. The first-order valence-corrected chi connectivity index (χ1v) is 12.6. The molecule has 6 aromatic rings. The molecule has 40 heavy (non-hydrogen) atoms. The van der Waals surface area contributed by atoms with Gasteiger partial charge in [-0.1, -0.05) is 72.8 Å². The van der Waals surface area contributed by atoms with Crippen LogP contribution in [0.1, 0.15) is 26.3 Å². The fraction of sp³-hybridized carbons (Fsp3) is 0.0323. The molecule has 0 unspecified atom stereocenters. The number of benzene rings is 4. The van der Waals surface area contributed by atoms with Gasteiger partial charge in [0, 0.05) is 28.4 Å². The predicted molar refractivity (Wildman–Crippen MR) is 152 cm³/mol. The van der Waals surface area contributed by atoms with Gasteiger partial charge in [-0.05, 0) is 57.4 Å². The van der Waals surface area contributed by atoms with E-state index in [4.69, 9.17) is 5.73 Å². The molecule has 0 saturated carbocycles. The summed E-state index contributed by atoms with van der Waals surface area (Å²) in [4.78, 5) is 31.9. The van der Waals surface area contributed by atoms with Crippen LogP contribution in [0.3, 0.4) is 0 Å². The van der Waals surface area contributed by atoms with E-state index in [-0.39, 0.29) is 12.5 Å². The number of nitrogens with one attached hydrogen (secondary N) is 1. The number of aromatic amines is 1. The van der Waals surface area contributed by atoms with Gasteiger partial charge in [-0.25, -0.2) is 5.10 Å². The highest BCUT2D eigenvalue weighted by Crippen LogP contribution is 2.30. The molecule has 9 nitrogen and oxygen atoms in total. The summed E-state index contributed by atoms with van der Waals surface area (Å²) in [7, 11) is 0. The zero-order valence-corrected chi connectivity index (χ0v) is 21.2. The van der Waals surface area contributed by atoms with E-state index < -0.39 is 5.91 Å². The van der Waals surface area contributed by atoms with Crippen LogP contribution >= 0.6 is 0 Å². The maximum absolute atomic E-state index is 13.9. The average molecular weight is 526 g/mol. The number of nitrogens with two attached hydrogens (primary N) is 1. The number of primary amides is 1. The maximum atomic E-state index is 13.9. The van der Waals surface area contributed by atoms with E-state index in [1.165, 1.54) is 0 Å². The Hall–Kier alpha value is -5.70. The summed E-state index contributed by atoms with van der Waals surface area (Å²) in [6, 6.07) is 32.0. The third kappa shape index (κ3) is 4.91. The van der Waals surface area contributed by atoms with E-state index in [1.807, 2.05) is 78.9 Å². The van der Waals surface area contributed by atoms with Crippen molar-refractivity contribution in [3.8, 4) is 22.5 Å². The van der Waals surface area contributed by atoms with Gasteiger partial charge in [0.15, 0.2) is 5.82 Å². The van der Waals surface area contributed by atoms with Crippen molar-refractivity contribution >= 4 is 28.4 Å². The Bertz CT molecular complexity index is 1830. The summed E-state index contributed by atoms with van der Waals surface area (Å²) >= 11 is 0. The monoisotopic (exact) mass is 525 g/mol. The number of nitrogens with zero attached hydrogens (tertiary/aromatic N) is 5. The van der Waals surface area contributed by atoms with Crippen LogP contribution in [0.4, 0.5) is 5.69 Å². The number of aromatic nitrogens is 5. The van der Waals surface area contributed by atoms with E-state index >= 15 is 0 Å². The molecule has 0 aliphatic heterocycles. The minimum Gasteiger partial charge on any atom is -0.366 e. The minimum atomic E-state index is -0.563. The lowest BCUT2D eigenvalue weighted by Gasteiger charge is -2.24. The van der Waals surface area contributed by atoms with Gasteiger partial charge in [0.25, 0.3) is 5.91 Å². The number of hydrogen-bond donors (Lipinski definition) is 2. The largest absolute Gasteiger partial charge is 0.366 e. The highest BCUT2D eigenvalue weighted by Gasteiger charge is 2.20. The van der Waals surface area contributed by atoms with Crippen LogP contribution in [-0.2, 0) is 6.54 Å². The van der Waals surface area contributed by atoms with E-state index in [2.05, 4.69) is 25.6 Å². The summed E-state index contributed by atoms with van der Waals surface area (Å²) in [5.41, 5.74) is 11.4. The van der Waals surface area contributed by atoms with Gasteiger partial charge >= 0.3 is 0 Å². The van der Waals surface area contributed by atoms with E-state index in [1.54, 1.807) is 35.4 Å². The minimum absolute atomic E-state index is 0.243. The average Bonchev–Trinajstić information content (AvgIpc) is 3.55. The van der Waals surface area contributed by atoms with Gasteiger partial charge in [-0.3, -0.25) is 14.6 Å². The number of carbonyl (C=O) groups is 2. The smallest absolute Gasteiger partial charge is 0.260 e. The molecule has 2 amide bonds. The fourth-order valence-electron chi connectivity index (χ4n) is 4.64. The molecule has 0 radical (unpaired) electrons. The van der Waals surface area contributed by atoms with Crippen LogP contribution in [-0.4, -0.2) is 37.4 Å². The lowest BCUT2D eigenvalue weighted by Crippen LogP contribution is -2.31. The van der Waals surface area contributed by atoms with Gasteiger partial charge in [-0.2, -0.15) is 0 Å². The second-order valence-corrected chi connectivity index (χ2v) is 9.21. The highest BCUT2D eigenvalue weighted by atomic mass is 16.2. The Labute approximate surface area is 229 Å². The maximum Gasteiger partial charge on any atom is 0.260 e. The SMILES string of the molecule is NC(=O)c1cccc(N(Cc2ccc(-c3ccccc3-c3nnn[nH]3)cc2)C(=O)c2cnc3ccccc3c2)c1. The van der Waals surface area contributed by atoms with E-state index in [0.29, 0.717) is 22.6 Å². The second-order valence-electron chi connectivity index (χ2n) is 9.21. The zero-order chi connectivity index (χ0) is 27.5. The number of amides is 2. The molecule has 0 spiro atoms. The lowest BCUT2D eigenvalue weighted by molar-refractivity contribution is 0.0979. The number of fused-ring (bicyclic) bond motifs is 1. The van der Waals surface area contributed by atoms with Crippen molar-refractivity contribution in [2.45, 2.75) is 6.54 Å². The molecule has 0 fully saturated rings. The molecule has 0 aliphatic carbocycles. The van der Waals surface area contributed by atoms with Crippen molar-refractivity contribution in [1.29, 1.82) is 0 Å². The molecule has 0 atom stereocenters. The Morgan fingerprint density at radius 3 is 2.35 bits per heavy atom. The third-order valence-corrected chi connectivity index (χ3v) is 6.66. The van der Waals surface area contributed by atoms with Gasteiger partial charge in [-0.15, -0.1) is 5.10 Å². The molecule has 4 aromatic carbocycles. The lowest BCUT2D eigenvalue weighted by atomic mass is 9.98. The van der Waals surface area contributed by atoms with Crippen molar-refractivity contribution in [1.82, 2.24) is 25.6 Å². The molecule has 3 N–H and O–H groups in total. The number of tetrazole rings is 1. The standard InChI is InChI=1S/C31H23N7O2/c32-29(39)23-7-5-8-25(17-23)38(31(40)24-16-22-6-1-4-11-28(22)33-18-24)19-20-12-14-21(15-13-20)26-9-2-3-10-27(26)30-34-36-37-35-30/h1-18H,19H2,(H2,32,39)(H,34,35,36,37). The van der Waals surface area contributed by atoms with Crippen molar-refractivity contribution < 1.29 is 9.59 Å². The topological polar surface area (TPSA) is 131 Å². The molecule has 9 heteroatoms. The zero-order valence-electron chi connectivity index (χ0n) is 21.2. The Balaban J connectivity index is 1.35. The van der Waals surface area contributed by atoms with Crippen molar-refractivity contribution in [2.24, 2.45) is 5.73 Å². The highest BCUT2D eigenvalue weighted by molar-refractivity contribution is 6.08. The number of para-hydroxylation sites is 1. The molecule has 6 rings (SSSR count). The summed E-state index contributed by atoms with van der Waals surface area (Å²) in [5, 5.41) is 15.1. The second kappa shape index (κ2) is 10.6. The Morgan fingerprint density at radius 2 is 1.57 bits per heavy atom. The normalized spacial score (nSPS) is 10.9. The number of carbonyl (C=O) groups excluding carboxylic acids is 2. The number of rotatable bonds is 7. The van der Waals surface area contributed by atoms with Gasteiger partial charge in [0.2, 0.25) is 5.91 Å². The van der Waals surface area contributed by atoms with Crippen LogP contribution in [0, 0.1) is 0 Å². The summed E-state index contributed by atoms with van der Waals surface area (Å²) in [5.74, 6) is -0.228. The van der Waals surface area contributed by atoms with Crippen LogP contribution in [0.2, 0.25) is 0 Å². The molecular weight excluding hydrogens is 502 g/mol. The number of pyridine rings is 1. The van der Waals surface area contributed by atoms with E-state index in [9.17, 15) is 9.59 Å². The van der Waals surface area contributed by atoms with Crippen molar-refractivity contribution in [3.05, 3.63) is 126 Å². The Kier molecular flexibility index (Phi) is 6.51. The van der Waals surface area contributed by atoms with E-state index in [0.717, 1.165) is 33.2 Å². The first-order valence-electron chi connectivity index (χ1n) is 12.6. The first kappa shape index (κ1) is 24.6. The molecule has 194 valence electrons. The molecule has 2 aromatic heterocycles. The van der Waals surface area contributed by atoms with Crippen LogP contribution in [0.5, 0.6) is 0 Å². The predicted octanol–water partition coefficient (Wildman–Crippen LogP) is 5.03. The van der Waals surface area contributed by atoms with Crippen LogP contribution < -0.4 is 10.6 Å². The summed E-state index contributed by atoms with van der Waals surface area (Å²) in [6.45, 7) is 0.266. The first-order chi connectivity index (χ1) is 19.6. The molecule has 0 bridgehead atoms. The summed E-state index contributed by atoms with van der Waals surface area (Å²) in [6.07, 6.45) is 1.58. The van der Waals surface area contributed by atoms with Crippen molar-refractivity contribution in [2.75, 3.05) is 4.90 Å². The number of anilines is 1. The quantitative estimate of drug-likeness (QED) is 0.301. The molecule has 0 saturated heterocycles. The summed E-state index contributed by atoms with van der Waals surface area (Å²) < 4.78 is 0. The number of hydrogen-bond acceptors (Lipinski definition) is 6. The fourth-order valence-corrected chi connectivity index (χ4v) is 4.64. The molecule has 2 heterocycles. The van der Waals surface area contributed by atoms with Crippen LogP contribution in [0.15, 0.2) is 109 Å². The third-order valence-electron chi connectivity index (χ3n) is 6.66. The van der Waals surface area contributed by atoms with Gasteiger partial charge < -0.3 is 10.6 Å². The Morgan fingerprint density at radius 1 is 0.800 bits per heavy atom. The van der Waals surface area contributed by atoms with Gasteiger partial charge in [0.05, 0.1) is 17.6 Å². The molecular formula is C31H23N7O2. The number of H-pyrrole nitrogens is 1. The van der Waals surface area contributed by atoms with Crippen LogP contribution in [0.25, 0.3) is 33.4 Å². The van der Waals surface area contributed by atoms with Crippen molar-refractivity contribution in [3.63, 3.8) is 0 Å². The van der Waals surface area contributed by atoms with Gasteiger partial charge in [0.1, 0.15) is 0 Å².